The van der Waals surface area contributed by atoms with Gasteiger partial charge < -0.3 is 15.5 Å². The zero-order valence-corrected chi connectivity index (χ0v) is 15.4. The summed E-state index contributed by atoms with van der Waals surface area (Å²) in [4.78, 5) is 26.1. The van der Waals surface area contributed by atoms with Crippen molar-refractivity contribution in [1.82, 2.24) is 15.5 Å². The lowest BCUT2D eigenvalue weighted by molar-refractivity contribution is -0.133. The van der Waals surface area contributed by atoms with Crippen LogP contribution in [0.4, 0.5) is 4.39 Å². The van der Waals surface area contributed by atoms with E-state index in [-0.39, 0.29) is 30.0 Å². The summed E-state index contributed by atoms with van der Waals surface area (Å²) < 4.78 is 12.8. The molecule has 0 saturated carbocycles. The Morgan fingerprint density at radius 2 is 2.00 bits per heavy atom. The Morgan fingerprint density at radius 1 is 1.28 bits per heavy atom. The summed E-state index contributed by atoms with van der Waals surface area (Å²) in [6.45, 7) is 3.04. The van der Waals surface area contributed by atoms with E-state index in [1.807, 2.05) is 11.9 Å². The Balaban J connectivity index is 0.00000312. The topological polar surface area (TPSA) is 61.4 Å². The van der Waals surface area contributed by atoms with Crippen molar-refractivity contribution < 1.29 is 14.0 Å². The number of rotatable bonds is 7. The Hall–Kier alpha value is -1.66. The van der Waals surface area contributed by atoms with Gasteiger partial charge in [0.1, 0.15) is 5.82 Å². The van der Waals surface area contributed by atoms with Crippen LogP contribution in [0.1, 0.15) is 36.0 Å². The largest absolute Gasteiger partial charge is 0.352 e. The van der Waals surface area contributed by atoms with Gasteiger partial charge in [0.05, 0.1) is 0 Å². The summed E-state index contributed by atoms with van der Waals surface area (Å²) in [6, 6.07) is 5.42. The van der Waals surface area contributed by atoms with Gasteiger partial charge in [0.25, 0.3) is 5.91 Å². The molecule has 0 aliphatic carbocycles. The molecule has 1 aliphatic rings. The number of likely N-dealkylation sites (tertiary alicyclic amines) is 1. The van der Waals surface area contributed by atoms with Crippen LogP contribution in [0.3, 0.4) is 0 Å². The van der Waals surface area contributed by atoms with Gasteiger partial charge in [-0.1, -0.05) is 0 Å². The molecule has 1 heterocycles. The summed E-state index contributed by atoms with van der Waals surface area (Å²) in [5, 5.41) is 5.94. The minimum absolute atomic E-state index is 0. The quantitative estimate of drug-likeness (QED) is 0.722. The van der Waals surface area contributed by atoms with Gasteiger partial charge in [-0.25, -0.2) is 4.39 Å². The van der Waals surface area contributed by atoms with E-state index < -0.39 is 0 Å². The smallest absolute Gasteiger partial charge is 0.251 e. The third-order valence-electron chi connectivity index (χ3n) is 4.32. The van der Waals surface area contributed by atoms with Crippen molar-refractivity contribution in [3.63, 3.8) is 0 Å². The molecule has 0 aromatic heterocycles. The molecule has 2 N–H and O–H groups in total. The molecule has 1 unspecified atom stereocenters. The molecule has 2 rings (SSSR count). The fourth-order valence-electron chi connectivity index (χ4n) is 3.05. The maximum absolute atomic E-state index is 12.8. The van der Waals surface area contributed by atoms with Gasteiger partial charge in [-0.05, 0) is 63.0 Å². The highest BCUT2D eigenvalue weighted by Crippen LogP contribution is 2.16. The van der Waals surface area contributed by atoms with Crippen LogP contribution in [0.15, 0.2) is 24.3 Å². The maximum Gasteiger partial charge on any atom is 0.251 e. The molecule has 7 heteroatoms. The number of nitrogens with zero attached hydrogens (tertiary/aromatic N) is 1. The molecule has 0 bridgehead atoms. The van der Waals surface area contributed by atoms with Crippen LogP contribution in [0.25, 0.3) is 0 Å². The van der Waals surface area contributed by atoms with Crippen molar-refractivity contribution in [3.05, 3.63) is 35.6 Å². The van der Waals surface area contributed by atoms with Crippen molar-refractivity contribution in [2.75, 3.05) is 33.2 Å². The molecular formula is C18H27ClFN3O2. The summed E-state index contributed by atoms with van der Waals surface area (Å²) in [5.41, 5.74) is 0.425. The molecular weight excluding hydrogens is 345 g/mol. The minimum Gasteiger partial charge on any atom is -0.352 e. The third-order valence-corrected chi connectivity index (χ3v) is 4.32. The van der Waals surface area contributed by atoms with Crippen LogP contribution in [0.2, 0.25) is 0 Å². The van der Waals surface area contributed by atoms with E-state index in [1.165, 1.54) is 30.7 Å². The van der Waals surface area contributed by atoms with Crippen LogP contribution in [-0.2, 0) is 4.79 Å². The second kappa shape index (κ2) is 11.1. The maximum atomic E-state index is 12.8. The lowest BCUT2D eigenvalue weighted by Gasteiger charge is -2.32. The molecule has 1 aromatic rings. The third kappa shape index (κ3) is 7.00. The number of nitrogens with one attached hydrogen (secondary N) is 2. The van der Waals surface area contributed by atoms with E-state index in [0.29, 0.717) is 30.9 Å². The second-order valence-electron chi connectivity index (χ2n) is 6.27. The fourth-order valence-corrected chi connectivity index (χ4v) is 3.05. The fraction of sp³-hybridized carbons (Fsp3) is 0.556. The summed E-state index contributed by atoms with van der Waals surface area (Å²) in [7, 11) is 1.94. The van der Waals surface area contributed by atoms with Crippen LogP contribution in [0.5, 0.6) is 0 Å². The zero-order valence-electron chi connectivity index (χ0n) is 14.6. The average Bonchev–Trinajstić information content (AvgIpc) is 2.59. The lowest BCUT2D eigenvalue weighted by Crippen LogP contribution is -2.42. The number of halogens is 2. The van der Waals surface area contributed by atoms with Crippen LogP contribution in [0, 0.1) is 11.7 Å². The molecule has 25 heavy (non-hydrogen) atoms. The van der Waals surface area contributed by atoms with E-state index >= 15 is 0 Å². The predicted octanol–water partition coefficient (Wildman–Crippen LogP) is 2.22. The molecule has 2 amide bonds. The molecule has 1 fully saturated rings. The van der Waals surface area contributed by atoms with E-state index in [2.05, 4.69) is 10.6 Å². The molecule has 1 aliphatic heterocycles. The molecule has 0 radical (unpaired) electrons. The average molecular weight is 372 g/mol. The number of benzene rings is 1. The molecule has 140 valence electrons. The highest BCUT2D eigenvalue weighted by molar-refractivity contribution is 5.94. The first-order valence-electron chi connectivity index (χ1n) is 8.56. The SMILES string of the molecule is CNCC1CCCN(C(=O)CCCNC(=O)c2ccc(F)cc2)C1.Cl. The summed E-state index contributed by atoms with van der Waals surface area (Å²) in [5.74, 6) is 0.0856. The first-order valence-corrected chi connectivity index (χ1v) is 8.56. The van der Waals surface area contributed by atoms with Crippen molar-refractivity contribution in [2.45, 2.75) is 25.7 Å². The van der Waals surface area contributed by atoms with Crippen LogP contribution < -0.4 is 10.6 Å². The number of piperidine rings is 1. The minimum atomic E-state index is -0.366. The van der Waals surface area contributed by atoms with Crippen molar-refractivity contribution >= 4 is 24.2 Å². The molecule has 0 spiro atoms. The van der Waals surface area contributed by atoms with E-state index in [9.17, 15) is 14.0 Å². The lowest BCUT2D eigenvalue weighted by atomic mass is 9.97. The van der Waals surface area contributed by atoms with Gasteiger partial charge >= 0.3 is 0 Å². The van der Waals surface area contributed by atoms with Crippen molar-refractivity contribution in [2.24, 2.45) is 5.92 Å². The summed E-state index contributed by atoms with van der Waals surface area (Å²) in [6.07, 6.45) is 3.27. The van der Waals surface area contributed by atoms with Crippen molar-refractivity contribution in [1.29, 1.82) is 0 Å². The van der Waals surface area contributed by atoms with Gasteiger partial charge in [0.2, 0.25) is 5.91 Å². The first kappa shape index (κ1) is 21.4. The highest BCUT2D eigenvalue weighted by atomic mass is 35.5. The Labute approximate surface area is 154 Å². The van der Waals surface area contributed by atoms with E-state index in [4.69, 9.17) is 0 Å². The summed E-state index contributed by atoms with van der Waals surface area (Å²) >= 11 is 0. The number of carbonyl (C=O) groups excluding carboxylic acids is 2. The van der Waals surface area contributed by atoms with Gasteiger partial charge in [-0.3, -0.25) is 9.59 Å². The van der Waals surface area contributed by atoms with Gasteiger partial charge in [0, 0.05) is 31.6 Å². The molecule has 5 nitrogen and oxygen atoms in total. The zero-order chi connectivity index (χ0) is 17.4. The number of hydrogen-bond acceptors (Lipinski definition) is 3. The number of hydrogen-bond donors (Lipinski definition) is 2. The predicted molar refractivity (Wildman–Crippen MR) is 98.4 cm³/mol. The van der Waals surface area contributed by atoms with Crippen molar-refractivity contribution in [3.8, 4) is 0 Å². The Kier molecular flexibility index (Phi) is 9.45. The Bertz CT molecular complexity index is 552. The van der Waals surface area contributed by atoms with Crippen LogP contribution >= 0.6 is 12.4 Å². The molecule has 1 atom stereocenters. The molecule has 1 aromatic carbocycles. The second-order valence-corrected chi connectivity index (χ2v) is 6.27. The van der Waals surface area contributed by atoms with Gasteiger partial charge in [-0.15, -0.1) is 12.4 Å². The normalized spacial score (nSPS) is 16.9. The van der Waals surface area contributed by atoms with Crippen LogP contribution in [-0.4, -0.2) is 49.9 Å². The van der Waals surface area contributed by atoms with Gasteiger partial charge in [-0.2, -0.15) is 0 Å². The number of carbonyl (C=O) groups is 2. The first-order chi connectivity index (χ1) is 11.6. The standard InChI is InChI=1S/C18H26FN3O2.ClH/c1-20-12-14-4-3-11-22(13-14)17(23)5-2-10-21-18(24)15-6-8-16(19)9-7-15;/h6-9,14,20H,2-5,10-13H2,1H3,(H,21,24);1H. The van der Waals surface area contributed by atoms with Gasteiger partial charge in [0.15, 0.2) is 0 Å². The highest BCUT2D eigenvalue weighted by Gasteiger charge is 2.22. The van der Waals surface area contributed by atoms with E-state index in [0.717, 1.165) is 26.1 Å². The monoisotopic (exact) mass is 371 g/mol. The Morgan fingerprint density at radius 3 is 2.68 bits per heavy atom. The number of amides is 2. The van der Waals surface area contributed by atoms with E-state index in [1.54, 1.807) is 0 Å². The molecule has 1 saturated heterocycles.